The molecule has 3 heteroatoms. The number of carbonyl (C=O) groups is 1. The smallest absolute Gasteiger partial charge is 0.331 e. The summed E-state index contributed by atoms with van der Waals surface area (Å²) in [7, 11) is 0. The van der Waals surface area contributed by atoms with Crippen LogP contribution < -0.4 is 0 Å². The SMILES string of the molecule is O=C(O)C1=CC=C(CBr)CC1. The largest absolute Gasteiger partial charge is 0.478 e. The van der Waals surface area contributed by atoms with Crippen molar-refractivity contribution in [2.45, 2.75) is 12.8 Å². The van der Waals surface area contributed by atoms with Gasteiger partial charge >= 0.3 is 5.97 Å². The minimum Gasteiger partial charge on any atom is -0.478 e. The van der Waals surface area contributed by atoms with Gasteiger partial charge in [0.15, 0.2) is 0 Å². The van der Waals surface area contributed by atoms with Crippen LogP contribution in [-0.4, -0.2) is 16.4 Å². The van der Waals surface area contributed by atoms with Crippen LogP contribution in [0.25, 0.3) is 0 Å². The number of hydrogen-bond donors (Lipinski definition) is 1. The predicted molar refractivity (Wildman–Crippen MR) is 46.8 cm³/mol. The normalized spacial score (nSPS) is 17.2. The topological polar surface area (TPSA) is 37.3 Å². The predicted octanol–water partition coefficient (Wildman–Crippen LogP) is 2.11. The van der Waals surface area contributed by atoms with E-state index in [9.17, 15) is 4.79 Å². The molecule has 0 heterocycles. The van der Waals surface area contributed by atoms with Gasteiger partial charge in [-0.1, -0.05) is 33.7 Å². The Bertz CT molecular complexity index is 228. The summed E-state index contributed by atoms with van der Waals surface area (Å²) < 4.78 is 0. The molecule has 0 fully saturated rings. The Hall–Kier alpha value is -0.570. The van der Waals surface area contributed by atoms with Crippen LogP contribution in [0.15, 0.2) is 23.3 Å². The lowest BCUT2D eigenvalue weighted by Gasteiger charge is -2.08. The van der Waals surface area contributed by atoms with E-state index in [1.807, 2.05) is 6.08 Å². The molecule has 0 aromatic heterocycles. The first kappa shape index (κ1) is 8.53. The first-order valence-corrected chi connectivity index (χ1v) is 4.54. The van der Waals surface area contributed by atoms with Gasteiger partial charge in [-0.25, -0.2) is 4.79 Å². The fourth-order valence-corrected chi connectivity index (χ4v) is 1.44. The molecule has 0 unspecified atom stereocenters. The van der Waals surface area contributed by atoms with Crippen molar-refractivity contribution in [3.05, 3.63) is 23.3 Å². The molecule has 0 amide bonds. The molecule has 0 spiro atoms. The Kier molecular flexibility index (Phi) is 2.88. The molecule has 0 aromatic rings. The van der Waals surface area contributed by atoms with E-state index >= 15 is 0 Å². The Labute approximate surface area is 73.7 Å². The molecule has 0 radical (unpaired) electrons. The maximum atomic E-state index is 10.4. The minimum atomic E-state index is -0.796. The van der Waals surface area contributed by atoms with Crippen molar-refractivity contribution < 1.29 is 9.90 Å². The van der Waals surface area contributed by atoms with Crippen LogP contribution in [0.1, 0.15) is 12.8 Å². The van der Waals surface area contributed by atoms with Crippen LogP contribution in [-0.2, 0) is 4.79 Å². The summed E-state index contributed by atoms with van der Waals surface area (Å²) in [6, 6.07) is 0. The molecule has 1 aliphatic rings. The second-order valence-electron chi connectivity index (χ2n) is 2.46. The minimum absolute atomic E-state index is 0.509. The summed E-state index contributed by atoms with van der Waals surface area (Å²) in [5.41, 5.74) is 1.77. The Morgan fingerprint density at radius 3 is 2.64 bits per heavy atom. The van der Waals surface area contributed by atoms with Gasteiger partial charge < -0.3 is 5.11 Å². The quantitative estimate of drug-likeness (QED) is 0.719. The van der Waals surface area contributed by atoms with Crippen LogP contribution in [0.5, 0.6) is 0 Å². The maximum Gasteiger partial charge on any atom is 0.331 e. The van der Waals surface area contributed by atoms with Crippen molar-refractivity contribution in [1.82, 2.24) is 0 Å². The monoisotopic (exact) mass is 216 g/mol. The van der Waals surface area contributed by atoms with Crippen molar-refractivity contribution in [3.8, 4) is 0 Å². The second-order valence-corrected chi connectivity index (χ2v) is 3.02. The molecule has 0 atom stereocenters. The van der Waals surface area contributed by atoms with Crippen LogP contribution >= 0.6 is 15.9 Å². The van der Waals surface area contributed by atoms with Crippen molar-refractivity contribution in [1.29, 1.82) is 0 Å². The number of carboxylic acid groups (broad SMARTS) is 1. The Morgan fingerprint density at radius 2 is 2.27 bits per heavy atom. The van der Waals surface area contributed by atoms with Gasteiger partial charge in [0, 0.05) is 10.9 Å². The summed E-state index contributed by atoms with van der Waals surface area (Å²) in [5.74, 6) is -0.796. The lowest BCUT2D eigenvalue weighted by molar-refractivity contribution is -0.132. The lowest BCUT2D eigenvalue weighted by Crippen LogP contribution is -2.04. The van der Waals surface area contributed by atoms with E-state index in [2.05, 4.69) is 15.9 Å². The molecule has 0 aromatic carbocycles. The number of halogens is 1. The third-order valence-corrected chi connectivity index (χ3v) is 2.40. The second kappa shape index (κ2) is 3.72. The highest BCUT2D eigenvalue weighted by molar-refractivity contribution is 9.09. The molecule has 1 N–H and O–H groups in total. The van der Waals surface area contributed by atoms with Gasteiger partial charge in [-0.2, -0.15) is 0 Å². The van der Waals surface area contributed by atoms with E-state index < -0.39 is 5.97 Å². The maximum absolute atomic E-state index is 10.4. The average molecular weight is 217 g/mol. The Morgan fingerprint density at radius 1 is 1.55 bits per heavy atom. The van der Waals surface area contributed by atoms with Crippen LogP contribution in [0.3, 0.4) is 0 Å². The van der Waals surface area contributed by atoms with E-state index in [-0.39, 0.29) is 0 Å². The Balaban J connectivity index is 2.69. The number of hydrogen-bond acceptors (Lipinski definition) is 1. The number of rotatable bonds is 2. The number of alkyl halides is 1. The molecular formula is C8H9BrO2. The van der Waals surface area contributed by atoms with E-state index in [0.29, 0.717) is 12.0 Å². The van der Waals surface area contributed by atoms with E-state index in [1.165, 1.54) is 5.57 Å². The standard InChI is InChI=1S/C8H9BrO2/c9-5-6-1-3-7(4-2-6)8(10)11/h1,3H,2,4-5H2,(H,10,11). The van der Waals surface area contributed by atoms with Gasteiger partial charge in [0.2, 0.25) is 0 Å². The highest BCUT2D eigenvalue weighted by atomic mass is 79.9. The zero-order valence-corrected chi connectivity index (χ0v) is 7.60. The van der Waals surface area contributed by atoms with Crippen molar-refractivity contribution in [2.75, 3.05) is 5.33 Å². The van der Waals surface area contributed by atoms with Crippen molar-refractivity contribution in [3.63, 3.8) is 0 Å². The molecule has 1 rings (SSSR count). The molecule has 11 heavy (non-hydrogen) atoms. The summed E-state index contributed by atoms with van der Waals surface area (Å²) in [4.78, 5) is 10.4. The number of carboxylic acids is 1. The first-order chi connectivity index (χ1) is 5.24. The van der Waals surface area contributed by atoms with Crippen molar-refractivity contribution in [2.24, 2.45) is 0 Å². The number of allylic oxidation sites excluding steroid dienone is 3. The highest BCUT2D eigenvalue weighted by Gasteiger charge is 2.10. The third-order valence-electron chi connectivity index (χ3n) is 1.68. The van der Waals surface area contributed by atoms with Crippen LogP contribution in [0.2, 0.25) is 0 Å². The van der Waals surface area contributed by atoms with Gasteiger partial charge in [0.25, 0.3) is 0 Å². The van der Waals surface area contributed by atoms with Crippen LogP contribution in [0.4, 0.5) is 0 Å². The molecule has 0 saturated carbocycles. The lowest BCUT2D eigenvalue weighted by atomic mass is 10.00. The van der Waals surface area contributed by atoms with Crippen molar-refractivity contribution >= 4 is 21.9 Å². The summed E-state index contributed by atoms with van der Waals surface area (Å²) in [6.45, 7) is 0. The van der Waals surface area contributed by atoms with Gasteiger partial charge in [-0.3, -0.25) is 0 Å². The van der Waals surface area contributed by atoms with E-state index in [0.717, 1.165) is 11.8 Å². The van der Waals surface area contributed by atoms with Gasteiger partial charge in [-0.05, 0) is 12.8 Å². The van der Waals surface area contributed by atoms with Gasteiger partial charge in [0.05, 0.1) is 0 Å². The molecule has 1 aliphatic carbocycles. The molecular weight excluding hydrogens is 208 g/mol. The molecule has 2 nitrogen and oxygen atoms in total. The van der Waals surface area contributed by atoms with Gasteiger partial charge in [0.1, 0.15) is 0 Å². The molecule has 0 saturated heterocycles. The first-order valence-electron chi connectivity index (χ1n) is 3.42. The van der Waals surface area contributed by atoms with Crippen LogP contribution in [0, 0.1) is 0 Å². The fourth-order valence-electron chi connectivity index (χ4n) is 0.970. The summed E-state index contributed by atoms with van der Waals surface area (Å²) in [5, 5.41) is 9.43. The van der Waals surface area contributed by atoms with Gasteiger partial charge in [-0.15, -0.1) is 0 Å². The zero-order valence-electron chi connectivity index (χ0n) is 6.01. The summed E-state index contributed by atoms with van der Waals surface area (Å²) in [6.07, 6.45) is 5.08. The van der Waals surface area contributed by atoms with E-state index in [4.69, 9.17) is 5.11 Å². The third kappa shape index (κ3) is 2.19. The van der Waals surface area contributed by atoms with E-state index in [1.54, 1.807) is 6.08 Å². The molecule has 60 valence electrons. The molecule has 0 aliphatic heterocycles. The molecule has 0 bridgehead atoms. The highest BCUT2D eigenvalue weighted by Crippen LogP contribution is 2.19. The fraction of sp³-hybridized carbons (Fsp3) is 0.375. The summed E-state index contributed by atoms with van der Waals surface area (Å²) >= 11 is 3.32. The average Bonchev–Trinajstić information content (AvgIpc) is 2.05. The number of aliphatic carboxylic acids is 1. The zero-order chi connectivity index (χ0) is 8.27.